The molecule has 0 spiro atoms. The number of carbonyl (C=O) groups excluding carboxylic acids is 2. The lowest BCUT2D eigenvalue weighted by Gasteiger charge is -2.35. The standard InChI is InChI=1S/C33H35ClF2N8O3/c1-32(2,3)17-33(23-9-6-20(7-10-23)22-14-40-43(15-22)30(35)36)29(46)44(31(37)41-33)26(16-47-27(45)12-19-4-5-19)21-8-11-25(34)24(13-21)28-38-18-39-42-28/h6-11,13-15,18-19,26,30H,4-5,12,16-17H2,1-3H3,(H2,37,41)(H,38,39,42)/t26-,33-/m1/s1. The van der Waals surface area contributed by atoms with Gasteiger partial charge in [-0.25, -0.2) is 14.7 Å². The van der Waals surface area contributed by atoms with E-state index < -0.39 is 18.1 Å². The molecule has 0 unspecified atom stereocenters. The predicted octanol–water partition coefficient (Wildman–Crippen LogP) is 6.26. The van der Waals surface area contributed by atoms with E-state index in [0.717, 1.165) is 12.8 Å². The molecule has 0 bridgehead atoms. The van der Waals surface area contributed by atoms with Crippen LogP contribution >= 0.6 is 11.6 Å². The van der Waals surface area contributed by atoms with Crippen LogP contribution in [0.5, 0.6) is 0 Å². The van der Waals surface area contributed by atoms with E-state index in [1.165, 1.54) is 23.6 Å². The fourth-order valence-corrected chi connectivity index (χ4v) is 6.19. The number of aromatic nitrogens is 5. The third-order valence-corrected chi connectivity index (χ3v) is 8.65. The highest BCUT2D eigenvalue weighted by atomic mass is 35.5. The first-order valence-corrected chi connectivity index (χ1v) is 15.7. The van der Waals surface area contributed by atoms with Crippen LogP contribution in [0.15, 0.2) is 66.2 Å². The molecule has 11 nitrogen and oxygen atoms in total. The Morgan fingerprint density at radius 3 is 2.53 bits per heavy atom. The Hall–Kier alpha value is -4.65. The monoisotopic (exact) mass is 664 g/mol. The topological polar surface area (TPSA) is 144 Å². The minimum atomic E-state index is -2.76. The van der Waals surface area contributed by atoms with E-state index in [9.17, 15) is 18.4 Å². The lowest BCUT2D eigenvalue weighted by atomic mass is 9.75. The number of hydrogen-bond acceptors (Lipinski definition) is 8. The SMILES string of the molecule is CC(C)(C)C[C@]1(c2ccc(-c3cnn(C(F)F)c3)cc2)N=C(N)N([C@H](COC(=O)CC2CC2)c2ccc(Cl)c(-c3ncn[nH]3)c2)C1=O. The van der Waals surface area contributed by atoms with Crippen LogP contribution in [0.25, 0.3) is 22.5 Å². The molecule has 1 amide bonds. The van der Waals surface area contributed by atoms with Crippen molar-refractivity contribution in [1.82, 2.24) is 29.9 Å². The number of rotatable bonds is 11. The van der Waals surface area contributed by atoms with Gasteiger partial charge >= 0.3 is 12.5 Å². The van der Waals surface area contributed by atoms with Gasteiger partial charge in [0.1, 0.15) is 12.9 Å². The van der Waals surface area contributed by atoms with Gasteiger partial charge in [-0.2, -0.15) is 19.0 Å². The summed E-state index contributed by atoms with van der Waals surface area (Å²) in [6.07, 6.45) is 6.57. The van der Waals surface area contributed by atoms with E-state index in [0.29, 0.717) is 62.1 Å². The molecule has 14 heteroatoms. The van der Waals surface area contributed by atoms with Gasteiger partial charge in [-0.05, 0) is 59.4 Å². The number of carbonyl (C=O) groups is 2. The first-order chi connectivity index (χ1) is 22.3. The van der Waals surface area contributed by atoms with Gasteiger partial charge in [-0.3, -0.25) is 19.6 Å². The number of nitrogens with two attached hydrogens (primary N) is 1. The summed E-state index contributed by atoms with van der Waals surface area (Å²) in [5.74, 6) is -0.0157. The van der Waals surface area contributed by atoms with Gasteiger partial charge in [-0.1, -0.05) is 62.7 Å². The lowest BCUT2D eigenvalue weighted by Crippen LogP contribution is -2.47. The molecule has 246 valence electrons. The van der Waals surface area contributed by atoms with Crippen molar-refractivity contribution in [3.63, 3.8) is 0 Å². The number of nitrogens with one attached hydrogen (secondary N) is 1. The Morgan fingerprint density at radius 2 is 1.91 bits per heavy atom. The number of guanidine groups is 1. The van der Waals surface area contributed by atoms with E-state index in [1.807, 2.05) is 20.8 Å². The molecule has 2 atom stereocenters. The van der Waals surface area contributed by atoms with E-state index in [2.05, 4.69) is 20.3 Å². The number of benzene rings is 2. The summed E-state index contributed by atoms with van der Waals surface area (Å²) < 4.78 is 32.6. The molecule has 2 aliphatic rings. The molecule has 1 aliphatic heterocycles. The molecule has 2 aromatic carbocycles. The van der Waals surface area contributed by atoms with Crippen molar-refractivity contribution in [3.05, 3.63) is 77.3 Å². The van der Waals surface area contributed by atoms with Crippen molar-refractivity contribution >= 4 is 29.4 Å². The summed E-state index contributed by atoms with van der Waals surface area (Å²) >= 11 is 6.53. The molecule has 4 aromatic rings. The molecule has 3 heterocycles. The summed E-state index contributed by atoms with van der Waals surface area (Å²) in [5, 5.41) is 10.9. The maximum Gasteiger partial charge on any atom is 0.333 e. The summed E-state index contributed by atoms with van der Waals surface area (Å²) in [7, 11) is 0. The van der Waals surface area contributed by atoms with Crippen molar-refractivity contribution in [3.8, 4) is 22.5 Å². The second kappa shape index (κ2) is 12.5. The first-order valence-electron chi connectivity index (χ1n) is 15.3. The number of halogens is 3. The maximum atomic E-state index is 14.8. The molecule has 3 N–H and O–H groups in total. The van der Waals surface area contributed by atoms with Gasteiger partial charge in [0.05, 0.1) is 17.3 Å². The number of H-pyrrole nitrogens is 1. The van der Waals surface area contributed by atoms with Gasteiger partial charge < -0.3 is 10.5 Å². The molecule has 6 rings (SSSR count). The van der Waals surface area contributed by atoms with Crippen molar-refractivity contribution < 1.29 is 23.1 Å². The lowest BCUT2D eigenvalue weighted by molar-refractivity contribution is -0.148. The predicted molar refractivity (Wildman–Crippen MR) is 171 cm³/mol. The highest BCUT2D eigenvalue weighted by Gasteiger charge is 2.53. The van der Waals surface area contributed by atoms with Crippen molar-refractivity contribution in [2.45, 2.75) is 64.6 Å². The van der Waals surface area contributed by atoms with E-state index in [1.54, 1.807) is 42.5 Å². The number of hydrogen-bond donors (Lipinski definition) is 2. The average molecular weight is 665 g/mol. The third kappa shape index (κ3) is 6.76. The van der Waals surface area contributed by atoms with Crippen LogP contribution in [0.1, 0.15) is 70.2 Å². The number of esters is 1. The van der Waals surface area contributed by atoms with Crippen LogP contribution in [0.4, 0.5) is 8.78 Å². The number of nitrogens with zero attached hydrogens (tertiary/aromatic N) is 6. The zero-order chi connectivity index (χ0) is 33.5. The van der Waals surface area contributed by atoms with Gasteiger partial charge in [0.15, 0.2) is 17.3 Å². The second-order valence-corrected chi connectivity index (χ2v) is 13.6. The maximum absolute atomic E-state index is 14.8. The van der Waals surface area contributed by atoms with Crippen LogP contribution in [-0.4, -0.2) is 54.3 Å². The Balaban J connectivity index is 1.38. The molecule has 1 aliphatic carbocycles. The molecule has 1 saturated carbocycles. The van der Waals surface area contributed by atoms with Crippen LogP contribution in [-0.2, 0) is 19.9 Å². The van der Waals surface area contributed by atoms with Gasteiger partial charge in [0, 0.05) is 23.7 Å². The van der Waals surface area contributed by atoms with Crippen molar-refractivity contribution in [2.75, 3.05) is 6.61 Å². The van der Waals surface area contributed by atoms with E-state index >= 15 is 0 Å². The Bertz CT molecular complexity index is 1800. The number of amides is 1. The molecule has 2 aromatic heterocycles. The smallest absolute Gasteiger partial charge is 0.333 e. The van der Waals surface area contributed by atoms with E-state index in [-0.39, 0.29) is 29.9 Å². The molecule has 47 heavy (non-hydrogen) atoms. The number of ether oxygens (including phenoxy) is 1. The molecule has 0 radical (unpaired) electrons. The highest BCUT2D eigenvalue weighted by Crippen LogP contribution is 2.45. The fourth-order valence-electron chi connectivity index (χ4n) is 5.98. The Labute approximate surface area is 275 Å². The molecule has 0 saturated heterocycles. The summed E-state index contributed by atoms with van der Waals surface area (Å²) in [6, 6.07) is 11.4. The molecular weight excluding hydrogens is 630 g/mol. The Morgan fingerprint density at radius 1 is 1.17 bits per heavy atom. The number of aromatic amines is 1. The molecule has 1 fully saturated rings. The summed E-state index contributed by atoms with van der Waals surface area (Å²) in [6.45, 7) is 3.09. The van der Waals surface area contributed by atoms with Crippen LogP contribution < -0.4 is 5.73 Å². The fraction of sp³-hybridized carbons (Fsp3) is 0.394. The quantitative estimate of drug-likeness (QED) is 0.180. The van der Waals surface area contributed by atoms with Crippen LogP contribution in [0.2, 0.25) is 5.02 Å². The second-order valence-electron chi connectivity index (χ2n) is 13.2. The summed E-state index contributed by atoms with van der Waals surface area (Å²) in [4.78, 5) is 38.0. The van der Waals surface area contributed by atoms with E-state index in [4.69, 9.17) is 27.1 Å². The zero-order valence-electron chi connectivity index (χ0n) is 26.2. The van der Waals surface area contributed by atoms with Crippen molar-refractivity contribution in [1.29, 1.82) is 0 Å². The van der Waals surface area contributed by atoms with Gasteiger partial charge in [0.25, 0.3) is 5.91 Å². The number of alkyl halides is 2. The highest BCUT2D eigenvalue weighted by molar-refractivity contribution is 6.33. The van der Waals surface area contributed by atoms with Crippen LogP contribution in [0.3, 0.4) is 0 Å². The van der Waals surface area contributed by atoms with Gasteiger partial charge in [-0.15, -0.1) is 0 Å². The minimum absolute atomic E-state index is 0.0269. The molecular formula is C33H35ClF2N8O3. The van der Waals surface area contributed by atoms with Crippen molar-refractivity contribution in [2.24, 2.45) is 22.1 Å². The Kier molecular flexibility index (Phi) is 8.60. The minimum Gasteiger partial charge on any atom is -0.463 e. The third-order valence-electron chi connectivity index (χ3n) is 8.32. The van der Waals surface area contributed by atoms with Crippen LogP contribution in [0, 0.1) is 11.3 Å². The number of aliphatic imine (C=N–C) groups is 1. The normalized spacial score (nSPS) is 18.9. The zero-order valence-corrected chi connectivity index (χ0v) is 26.9. The first kappa shape index (κ1) is 32.3. The summed E-state index contributed by atoms with van der Waals surface area (Å²) in [5.41, 5.74) is 7.72. The van der Waals surface area contributed by atoms with Gasteiger partial charge in [0.2, 0.25) is 0 Å². The average Bonchev–Trinajstić information content (AvgIpc) is 3.38. The largest absolute Gasteiger partial charge is 0.463 e.